The van der Waals surface area contributed by atoms with Gasteiger partial charge in [-0.25, -0.2) is 8.42 Å². The van der Waals surface area contributed by atoms with Crippen LogP contribution in [0, 0.1) is 6.92 Å². The number of aryl methyl sites for hydroxylation is 1. The molecule has 0 spiro atoms. The smallest absolute Gasteiger partial charge is 0.253 e. The van der Waals surface area contributed by atoms with Crippen LogP contribution in [0.2, 0.25) is 0 Å². The standard InChI is InChI=1S/C22H22N4O4S/c1-14(16-9-11-18(12-10-16)31(3,27)28)23-13-19-24-25-22(29-19)20-15(2)30-26-21(20)17-7-5-4-6-8-17/h4-12,14,23H,13H2,1-3H3/t14-/m1/s1. The van der Waals surface area contributed by atoms with Gasteiger partial charge in [-0.05, 0) is 31.5 Å². The monoisotopic (exact) mass is 438 g/mol. The van der Waals surface area contributed by atoms with Crippen LogP contribution in [0.25, 0.3) is 22.7 Å². The van der Waals surface area contributed by atoms with Crippen molar-refractivity contribution in [3.63, 3.8) is 0 Å². The molecule has 2 heterocycles. The number of hydrogen-bond donors (Lipinski definition) is 1. The third-order valence-corrected chi connectivity index (χ3v) is 6.09. The molecule has 0 aliphatic carbocycles. The molecule has 1 atom stereocenters. The molecule has 0 radical (unpaired) electrons. The lowest BCUT2D eigenvalue weighted by Gasteiger charge is -2.13. The maximum atomic E-state index is 11.6. The van der Waals surface area contributed by atoms with Gasteiger partial charge in [0.2, 0.25) is 5.89 Å². The Balaban J connectivity index is 1.48. The number of rotatable bonds is 7. The molecule has 0 fully saturated rings. The van der Waals surface area contributed by atoms with E-state index in [9.17, 15) is 8.42 Å². The highest BCUT2D eigenvalue weighted by Gasteiger charge is 2.22. The van der Waals surface area contributed by atoms with Crippen LogP contribution in [0.15, 0.2) is 68.4 Å². The van der Waals surface area contributed by atoms with Gasteiger partial charge < -0.3 is 14.3 Å². The van der Waals surface area contributed by atoms with E-state index in [0.717, 1.165) is 11.1 Å². The van der Waals surface area contributed by atoms with E-state index in [2.05, 4.69) is 20.7 Å². The second kappa shape index (κ2) is 8.44. The van der Waals surface area contributed by atoms with Crippen LogP contribution in [0.5, 0.6) is 0 Å². The van der Waals surface area contributed by atoms with Gasteiger partial charge in [-0.1, -0.05) is 47.6 Å². The zero-order valence-corrected chi connectivity index (χ0v) is 18.2. The highest BCUT2D eigenvalue weighted by molar-refractivity contribution is 7.90. The Labute approximate surface area is 180 Å². The summed E-state index contributed by atoms with van der Waals surface area (Å²) in [5.41, 5.74) is 3.18. The molecule has 0 bridgehead atoms. The number of sulfone groups is 1. The summed E-state index contributed by atoms with van der Waals surface area (Å²) in [7, 11) is -3.21. The highest BCUT2D eigenvalue weighted by Crippen LogP contribution is 2.33. The molecular formula is C22H22N4O4S. The van der Waals surface area contributed by atoms with E-state index in [1.54, 1.807) is 31.2 Å². The summed E-state index contributed by atoms with van der Waals surface area (Å²) >= 11 is 0. The maximum Gasteiger partial charge on any atom is 0.253 e. The Kier molecular flexibility index (Phi) is 5.71. The van der Waals surface area contributed by atoms with Crippen LogP contribution < -0.4 is 5.32 Å². The summed E-state index contributed by atoms with van der Waals surface area (Å²) in [5.74, 6) is 1.37. The molecule has 0 aliphatic rings. The average molecular weight is 439 g/mol. The van der Waals surface area contributed by atoms with Gasteiger partial charge in [-0.2, -0.15) is 0 Å². The molecule has 4 aromatic rings. The van der Waals surface area contributed by atoms with Crippen molar-refractivity contribution in [2.45, 2.75) is 31.3 Å². The SMILES string of the molecule is Cc1onc(-c2ccccc2)c1-c1nnc(CN[C@H](C)c2ccc(S(C)(=O)=O)cc2)o1. The van der Waals surface area contributed by atoms with Crippen LogP contribution in [0.1, 0.15) is 30.2 Å². The zero-order valence-electron chi connectivity index (χ0n) is 17.4. The summed E-state index contributed by atoms with van der Waals surface area (Å²) in [6.07, 6.45) is 1.19. The Morgan fingerprint density at radius 3 is 2.42 bits per heavy atom. The van der Waals surface area contributed by atoms with E-state index in [0.29, 0.717) is 40.2 Å². The Hall–Kier alpha value is -3.30. The van der Waals surface area contributed by atoms with E-state index in [-0.39, 0.29) is 6.04 Å². The quantitative estimate of drug-likeness (QED) is 0.462. The van der Waals surface area contributed by atoms with Crippen molar-refractivity contribution in [3.8, 4) is 22.7 Å². The number of nitrogens with zero attached hydrogens (tertiary/aromatic N) is 3. The molecule has 31 heavy (non-hydrogen) atoms. The van der Waals surface area contributed by atoms with Gasteiger partial charge in [0.15, 0.2) is 9.84 Å². The third-order valence-electron chi connectivity index (χ3n) is 4.96. The van der Waals surface area contributed by atoms with Crippen LogP contribution in [0.3, 0.4) is 0 Å². The fourth-order valence-electron chi connectivity index (χ4n) is 3.21. The first-order chi connectivity index (χ1) is 14.8. The summed E-state index contributed by atoms with van der Waals surface area (Å²) in [6, 6.07) is 16.4. The number of nitrogens with one attached hydrogen (secondary N) is 1. The highest BCUT2D eigenvalue weighted by atomic mass is 32.2. The molecule has 2 aromatic carbocycles. The molecule has 0 amide bonds. The van der Waals surface area contributed by atoms with Crippen molar-refractivity contribution in [1.29, 1.82) is 0 Å². The lowest BCUT2D eigenvalue weighted by molar-refractivity contribution is 0.399. The van der Waals surface area contributed by atoms with Crippen molar-refractivity contribution in [2.24, 2.45) is 0 Å². The molecular weight excluding hydrogens is 416 g/mol. The lowest BCUT2D eigenvalue weighted by atomic mass is 10.1. The largest absolute Gasteiger partial charge is 0.419 e. The summed E-state index contributed by atoms with van der Waals surface area (Å²) in [5, 5.41) is 15.8. The minimum atomic E-state index is -3.21. The van der Waals surface area contributed by atoms with Crippen LogP contribution >= 0.6 is 0 Å². The predicted octanol–water partition coefficient (Wildman–Crippen LogP) is 3.95. The van der Waals surface area contributed by atoms with Crippen molar-refractivity contribution in [2.75, 3.05) is 6.26 Å². The average Bonchev–Trinajstić information content (AvgIpc) is 3.38. The molecule has 2 aromatic heterocycles. The first-order valence-electron chi connectivity index (χ1n) is 9.71. The van der Waals surface area contributed by atoms with Crippen molar-refractivity contribution in [3.05, 3.63) is 71.8 Å². The molecule has 1 N–H and O–H groups in total. The Morgan fingerprint density at radius 1 is 1.03 bits per heavy atom. The Bertz CT molecular complexity index is 1280. The van der Waals surface area contributed by atoms with Crippen molar-refractivity contribution in [1.82, 2.24) is 20.7 Å². The molecule has 0 unspecified atom stereocenters. The minimum Gasteiger partial charge on any atom is -0.419 e. The third kappa shape index (κ3) is 4.57. The Morgan fingerprint density at radius 2 is 1.74 bits per heavy atom. The lowest BCUT2D eigenvalue weighted by Crippen LogP contribution is -2.18. The first-order valence-corrected chi connectivity index (χ1v) is 11.6. The molecule has 0 saturated heterocycles. The van der Waals surface area contributed by atoms with Gasteiger partial charge in [0, 0.05) is 17.9 Å². The summed E-state index contributed by atoms with van der Waals surface area (Å²) in [4.78, 5) is 0.295. The van der Waals surface area contributed by atoms with Gasteiger partial charge in [-0.3, -0.25) is 0 Å². The fourth-order valence-corrected chi connectivity index (χ4v) is 3.84. The van der Waals surface area contributed by atoms with E-state index in [4.69, 9.17) is 8.94 Å². The van der Waals surface area contributed by atoms with E-state index in [1.807, 2.05) is 37.3 Å². The second-order valence-corrected chi connectivity index (χ2v) is 9.29. The van der Waals surface area contributed by atoms with Gasteiger partial charge in [0.05, 0.1) is 11.4 Å². The molecule has 160 valence electrons. The van der Waals surface area contributed by atoms with Crippen LogP contribution in [-0.2, 0) is 16.4 Å². The second-order valence-electron chi connectivity index (χ2n) is 7.27. The van der Waals surface area contributed by atoms with Crippen molar-refractivity contribution < 1.29 is 17.4 Å². The summed E-state index contributed by atoms with van der Waals surface area (Å²) in [6.45, 7) is 4.14. The van der Waals surface area contributed by atoms with Crippen LogP contribution in [0.4, 0.5) is 0 Å². The number of aromatic nitrogens is 3. The van der Waals surface area contributed by atoms with Gasteiger partial charge >= 0.3 is 0 Å². The van der Waals surface area contributed by atoms with Crippen molar-refractivity contribution >= 4 is 9.84 Å². The predicted molar refractivity (Wildman–Crippen MR) is 115 cm³/mol. The molecule has 4 rings (SSSR count). The topological polar surface area (TPSA) is 111 Å². The minimum absolute atomic E-state index is 0.0406. The number of hydrogen-bond acceptors (Lipinski definition) is 8. The normalized spacial score (nSPS) is 12.7. The van der Waals surface area contributed by atoms with Gasteiger partial charge in [0.1, 0.15) is 17.0 Å². The number of benzene rings is 2. The zero-order chi connectivity index (χ0) is 22.0. The molecule has 0 aliphatic heterocycles. The molecule has 8 nitrogen and oxygen atoms in total. The molecule has 0 saturated carbocycles. The van der Waals surface area contributed by atoms with E-state index >= 15 is 0 Å². The van der Waals surface area contributed by atoms with E-state index in [1.165, 1.54) is 6.26 Å². The molecule has 9 heteroatoms. The van der Waals surface area contributed by atoms with Gasteiger partial charge in [-0.15, -0.1) is 10.2 Å². The summed E-state index contributed by atoms with van der Waals surface area (Å²) < 4.78 is 34.4. The maximum absolute atomic E-state index is 11.6. The fraction of sp³-hybridized carbons (Fsp3) is 0.227. The van der Waals surface area contributed by atoms with E-state index < -0.39 is 9.84 Å². The van der Waals surface area contributed by atoms with Crippen LogP contribution in [-0.4, -0.2) is 30.0 Å². The first kappa shape index (κ1) is 21.0. The van der Waals surface area contributed by atoms with Gasteiger partial charge in [0.25, 0.3) is 5.89 Å².